The SMILES string of the molecule is CCOC(=O)[C@@]1(CCOc2ccccc2)CCCN(Cc2ccc(OC)c(O)c2)C1. The molecule has 1 N–H and O–H groups in total. The Kier molecular flexibility index (Phi) is 7.57. The third kappa shape index (κ3) is 5.45. The summed E-state index contributed by atoms with van der Waals surface area (Å²) in [5, 5.41) is 10.1. The molecule has 1 fully saturated rings. The Balaban J connectivity index is 1.68. The van der Waals surface area contributed by atoms with Crippen molar-refractivity contribution in [2.75, 3.05) is 33.4 Å². The van der Waals surface area contributed by atoms with E-state index < -0.39 is 5.41 Å². The molecule has 1 atom stereocenters. The molecule has 1 saturated heterocycles. The molecule has 0 aromatic heterocycles. The highest BCUT2D eigenvalue weighted by molar-refractivity contribution is 5.77. The Bertz CT molecular complexity index is 826. The van der Waals surface area contributed by atoms with Gasteiger partial charge in [-0.2, -0.15) is 0 Å². The highest BCUT2D eigenvalue weighted by Crippen LogP contribution is 2.36. The third-order valence-electron chi connectivity index (χ3n) is 5.61. The van der Waals surface area contributed by atoms with Gasteiger partial charge in [0.05, 0.1) is 25.7 Å². The van der Waals surface area contributed by atoms with Gasteiger partial charge in [-0.3, -0.25) is 9.69 Å². The van der Waals surface area contributed by atoms with Crippen molar-refractivity contribution in [2.45, 2.75) is 32.7 Å². The molecule has 6 nitrogen and oxygen atoms in total. The van der Waals surface area contributed by atoms with Crippen LogP contribution in [0.5, 0.6) is 17.2 Å². The van der Waals surface area contributed by atoms with E-state index in [-0.39, 0.29) is 11.7 Å². The van der Waals surface area contributed by atoms with Gasteiger partial charge >= 0.3 is 5.97 Å². The van der Waals surface area contributed by atoms with Gasteiger partial charge in [-0.1, -0.05) is 24.3 Å². The highest BCUT2D eigenvalue weighted by Gasteiger charge is 2.43. The molecular formula is C24H31NO5. The number of phenolic OH excluding ortho intramolecular Hbond substituents is 1. The third-order valence-corrected chi connectivity index (χ3v) is 5.61. The minimum absolute atomic E-state index is 0.125. The van der Waals surface area contributed by atoms with Gasteiger partial charge in [-0.15, -0.1) is 0 Å². The Morgan fingerprint density at radius 3 is 2.70 bits per heavy atom. The normalized spacial score (nSPS) is 19.3. The summed E-state index contributed by atoms with van der Waals surface area (Å²) in [5.41, 5.74) is 0.394. The van der Waals surface area contributed by atoms with Crippen molar-refractivity contribution >= 4 is 5.97 Å². The first-order chi connectivity index (χ1) is 14.6. The van der Waals surface area contributed by atoms with Crippen LogP contribution in [0.25, 0.3) is 0 Å². The van der Waals surface area contributed by atoms with Gasteiger partial charge in [0.2, 0.25) is 0 Å². The molecule has 1 aliphatic rings. The molecule has 0 amide bonds. The van der Waals surface area contributed by atoms with E-state index in [1.54, 1.807) is 12.1 Å². The van der Waals surface area contributed by atoms with E-state index >= 15 is 0 Å². The number of ether oxygens (including phenoxy) is 3. The lowest BCUT2D eigenvalue weighted by atomic mass is 9.77. The van der Waals surface area contributed by atoms with E-state index in [0.717, 1.165) is 30.7 Å². The van der Waals surface area contributed by atoms with Crippen LogP contribution < -0.4 is 9.47 Å². The van der Waals surface area contributed by atoms with E-state index in [0.29, 0.717) is 38.5 Å². The Morgan fingerprint density at radius 2 is 2.00 bits per heavy atom. The number of benzene rings is 2. The van der Waals surface area contributed by atoms with Gasteiger partial charge in [0, 0.05) is 13.1 Å². The standard InChI is InChI=1S/C24H31NO5/c1-3-29-23(27)24(13-15-30-20-8-5-4-6-9-20)12-7-14-25(18-24)17-19-10-11-22(28-2)21(26)16-19/h4-6,8-11,16,26H,3,7,12-15,17-18H2,1-2H3/t24-/m1/s1. The van der Waals surface area contributed by atoms with Crippen LogP contribution >= 0.6 is 0 Å². The number of hydrogen-bond donors (Lipinski definition) is 1. The monoisotopic (exact) mass is 413 g/mol. The average Bonchev–Trinajstić information content (AvgIpc) is 2.75. The fourth-order valence-corrected chi connectivity index (χ4v) is 4.09. The number of aromatic hydroxyl groups is 1. The van der Waals surface area contributed by atoms with Gasteiger partial charge < -0.3 is 19.3 Å². The van der Waals surface area contributed by atoms with E-state index in [9.17, 15) is 9.90 Å². The number of piperidine rings is 1. The maximum atomic E-state index is 12.9. The zero-order valence-corrected chi connectivity index (χ0v) is 17.8. The molecular weight excluding hydrogens is 382 g/mol. The summed E-state index contributed by atoms with van der Waals surface area (Å²) >= 11 is 0. The van der Waals surface area contributed by atoms with Gasteiger partial charge in [-0.05, 0) is 62.6 Å². The Hall–Kier alpha value is -2.73. The number of phenols is 1. The molecule has 0 unspecified atom stereocenters. The maximum absolute atomic E-state index is 12.9. The number of hydrogen-bond acceptors (Lipinski definition) is 6. The zero-order chi connectivity index (χ0) is 21.4. The minimum Gasteiger partial charge on any atom is -0.504 e. The number of nitrogens with zero attached hydrogens (tertiary/aromatic N) is 1. The lowest BCUT2D eigenvalue weighted by molar-refractivity contribution is -0.160. The second-order valence-electron chi connectivity index (χ2n) is 7.73. The second-order valence-corrected chi connectivity index (χ2v) is 7.73. The zero-order valence-electron chi connectivity index (χ0n) is 17.8. The molecule has 0 spiro atoms. The number of carbonyl (C=O) groups excluding carboxylic acids is 1. The number of carbonyl (C=O) groups is 1. The van der Waals surface area contributed by atoms with Crippen LogP contribution in [0, 0.1) is 5.41 Å². The van der Waals surface area contributed by atoms with Crippen LogP contribution in [0.3, 0.4) is 0 Å². The second kappa shape index (κ2) is 10.3. The molecule has 2 aromatic rings. The van der Waals surface area contributed by atoms with Crippen molar-refractivity contribution < 1.29 is 24.1 Å². The largest absolute Gasteiger partial charge is 0.504 e. The molecule has 2 aromatic carbocycles. The van der Waals surface area contributed by atoms with E-state index in [1.807, 2.05) is 43.3 Å². The summed E-state index contributed by atoms with van der Waals surface area (Å²) in [6.45, 7) is 4.82. The van der Waals surface area contributed by atoms with E-state index in [4.69, 9.17) is 14.2 Å². The van der Waals surface area contributed by atoms with Crippen molar-refractivity contribution in [2.24, 2.45) is 5.41 Å². The van der Waals surface area contributed by atoms with Crippen molar-refractivity contribution in [3.63, 3.8) is 0 Å². The van der Waals surface area contributed by atoms with Crippen LogP contribution in [0.15, 0.2) is 48.5 Å². The smallest absolute Gasteiger partial charge is 0.313 e. The van der Waals surface area contributed by atoms with Crippen molar-refractivity contribution in [3.05, 3.63) is 54.1 Å². The van der Waals surface area contributed by atoms with Crippen molar-refractivity contribution in [3.8, 4) is 17.2 Å². The fourth-order valence-electron chi connectivity index (χ4n) is 4.09. The summed E-state index contributed by atoms with van der Waals surface area (Å²) in [7, 11) is 1.53. The molecule has 30 heavy (non-hydrogen) atoms. The summed E-state index contributed by atoms with van der Waals surface area (Å²) in [5.74, 6) is 1.23. The first kappa shape index (κ1) is 22.0. The molecule has 1 heterocycles. The van der Waals surface area contributed by atoms with Gasteiger partial charge in [0.1, 0.15) is 5.75 Å². The molecule has 1 aliphatic heterocycles. The highest BCUT2D eigenvalue weighted by atomic mass is 16.5. The number of esters is 1. The van der Waals surface area contributed by atoms with E-state index in [1.165, 1.54) is 7.11 Å². The maximum Gasteiger partial charge on any atom is 0.313 e. The lowest BCUT2D eigenvalue weighted by Crippen LogP contribution is -2.49. The average molecular weight is 414 g/mol. The van der Waals surface area contributed by atoms with Crippen LogP contribution in [0.1, 0.15) is 31.7 Å². The summed E-state index contributed by atoms with van der Waals surface area (Å²) < 4.78 is 16.5. The number of methoxy groups -OCH3 is 1. The minimum atomic E-state index is -0.586. The Morgan fingerprint density at radius 1 is 1.20 bits per heavy atom. The van der Waals surface area contributed by atoms with Gasteiger partial charge in [0.25, 0.3) is 0 Å². The quantitative estimate of drug-likeness (QED) is 0.627. The number of rotatable bonds is 9. The topological polar surface area (TPSA) is 68.2 Å². The number of likely N-dealkylation sites (tertiary alicyclic amines) is 1. The van der Waals surface area contributed by atoms with Crippen LogP contribution in [-0.2, 0) is 16.1 Å². The van der Waals surface area contributed by atoms with Crippen molar-refractivity contribution in [1.82, 2.24) is 4.90 Å². The molecule has 6 heteroatoms. The molecule has 3 rings (SSSR count). The Labute approximate surface area is 178 Å². The summed E-state index contributed by atoms with van der Waals surface area (Å²) in [6, 6.07) is 15.1. The number of para-hydroxylation sites is 1. The van der Waals surface area contributed by atoms with Gasteiger partial charge in [0.15, 0.2) is 11.5 Å². The molecule has 0 radical (unpaired) electrons. The summed E-state index contributed by atoms with van der Waals surface area (Å²) in [4.78, 5) is 15.2. The molecule has 0 saturated carbocycles. The fraction of sp³-hybridized carbons (Fsp3) is 0.458. The predicted octanol–water partition coefficient (Wildman–Crippen LogP) is 4.02. The first-order valence-electron chi connectivity index (χ1n) is 10.5. The lowest BCUT2D eigenvalue weighted by Gasteiger charge is -2.41. The summed E-state index contributed by atoms with van der Waals surface area (Å²) in [6.07, 6.45) is 2.30. The molecule has 0 aliphatic carbocycles. The van der Waals surface area contributed by atoms with Crippen molar-refractivity contribution in [1.29, 1.82) is 0 Å². The van der Waals surface area contributed by atoms with Crippen LogP contribution in [-0.4, -0.2) is 49.4 Å². The first-order valence-corrected chi connectivity index (χ1v) is 10.5. The molecule has 0 bridgehead atoms. The van der Waals surface area contributed by atoms with Gasteiger partial charge in [-0.25, -0.2) is 0 Å². The molecule has 162 valence electrons. The van der Waals surface area contributed by atoms with Crippen LogP contribution in [0.4, 0.5) is 0 Å². The van der Waals surface area contributed by atoms with E-state index in [2.05, 4.69) is 4.90 Å². The van der Waals surface area contributed by atoms with Crippen LogP contribution in [0.2, 0.25) is 0 Å². The predicted molar refractivity (Wildman–Crippen MR) is 115 cm³/mol.